The van der Waals surface area contributed by atoms with Crippen molar-refractivity contribution in [2.45, 2.75) is 25.8 Å². The van der Waals surface area contributed by atoms with E-state index in [0.717, 1.165) is 50.3 Å². The molecule has 1 heterocycles. The smallest absolute Gasteiger partial charge is 0.325 e. The second-order valence-electron chi connectivity index (χ2n) is 5.30. The van der Waals surface area contributed by atoms with Crippen LogP contribution >= 0.6 is 0 Å². The maximum atomic E-state index is 11.7. The van der Waals surface area contributed by atoms with Gasteiger partial charge in [0, 0.05) is 19.6 Å². The molecule has 1 aromatic rings. The van der Waals surface area contributed by atoms with Crippen molar-refractivity contribution in [1.29, 1.82) is 0 Å². The minimum absolute atomic E-state index is 0.602. The zero-order chi connectivity index (χ0) is 15.1. The van der Waals surface area contributed by atoms with Crippen LogP contribution in [0.3, 0.4) is 0 Å². The second kappa shape index (κ2) is 8.00. The highest BCUT2D eigenvalue weighted by molar-refractivity contribution is 5.75. The summed E-state index contributed by atoms with van der Waals surface area (Å²) in [5.41, 5.74) is 0.790. The summed E-state index contributed by atoms with van der Waals surface area (Å²) in [4.78, 5) is 13.8. The molecule has 1 fully saturated rings. The summed E-state index contributed by atoms with van der Waals surface area (Å²) in [7, 11) is 0. The molecule has 1 saturated heterocycles. The largest absolute Gasteiger partial charge is 0.494 e. The van der Waals surface area contributed by atoms with Crippen molar-refractivity contribution in [2.75, 3.05) is 32.8 Å². The highest BCUT2D eigenvalue weighted by Crippen LogP contribution is 2.25. The molecule has 0 spiro atoms. The predicted octanol–water partition coefficient (Wildman–Crippen LogP) is 1.90. The molecular formula is C16H24N2O3. The monoisotopic (exact) mass is 292 g/mol. The van der Waals surface area contributed by atoms with E-state index in [4.69, 9.17) is 4.74 Å². The maximum absolute atomic E-state index is 11.7. The molecule has 5 nitrogen and oxygen atoms in total. The van der Waals surface area contributed by atoms with Crippen LogP contribution < -0.4 is 10.1 Å². The number of hydrogen-bond acceptors (Lipinski definition) is 4. The van der Waals surface area contributed by atoms with Crippen LogP contribution in [0.4, 0.5) is 0 Å². The van der Waals surface area contributed by atoms with Gasteiger partial charge in [-0.25, -0.2) is 0 Å². The summed E-state index contributed by atoms with van der Waals surface area (Å²) in [5.74, 6) is -0.0573. The standard InChI is InChI=1S/C16H24N2O3/c1-2-11-21-14-6-3-5-13(12-14)15(16(19)20)18-9-4-7-17-8-10-18/h3,5-6,12,15,17H,2,4,7-11H2,1H3,(H,19,20). The van der Waals surface area contributed by atoms with E-state index in [1.54, 1.807) is 0 Å². The fourth-order valence-corrected chi connectivity index (χ4v) is 2.63. The third kappa shape index (κ3) is 4.44. The average molecular weight is 292 g/mol. The molecule has 1 atom stereocenters. The molecule has 1 aliphatic rings. The summed E-state index contributed by atoms with van der Waals surface area (Å²) < 4.78 is 5.61. The molecule has 0 aliphatic carbocycles. The van der Waals surface area contributed by atoms with Crippen LogP contribution in [0.15, 0.2) is 24.3 Å². The molecule has 0 radical (unpaired) electrons. The van der Waals surface area contributed by atoms with Gasteiger partial charge < -0.3 is 15.2 Å². The molecule has 1 unspecified atom stereocenters. The summed E-state index contributed by atoms with van der Waals surface area (Å²) in [6, 6.07) is 6.87. The summed E-state index contributed by atoms with van der Waals surface area (Å²) in [5, 5.41) is 12.9. The van der Waals surface area contributed by atoms with Crippen LogP contribution in [-0.2, 0) is 4.79 Å². The van der Waals surface area contributed by atoms with Gasteiger partial charge in [0.15, 0.2) is 0 Å². The van der Waals surface area contributed by atoms with Crippen LogP contribution in [0.2, 0.25) is 0 Å². The molecule has 0 amide bonds. The quantitative estimate of drug-likeness (QED) is 0.838. The first-order chi connectivity index (χ1) is 10.2. The van der Waals surface area contributed by atoms with Gasteiger partial charge in [-0.05, 0) is 37.1 Å². The molecule has 0 bridgehead atoms. The number of hydrogen-bond donors (Lipinski definition) is 2. The van der Waals surface area contributed by atoms with Gasteiger partial charge >= 0.3 is 5.97 Å². The third-order valence-corrected chi connectivity index (χ3v) is 3.62. The molecule has 116 valence electrons. The number of nitrogens with zero attached hydrogens (tertiary/aromatic N) is 1. The van der Waals surface area contributed by atoms with Crippen LogP contribution in [0.5, 0.6) is 5.75 Å². The first kappa shape index (κ1) is 15.8. The molecule has 21 heavy (non-hydrogen) atoms. The minimum atomic E-state index is -0.801. The zero-order valence-electron chi connectivity index (χ0n) is 12.5. The van der Waals surface area contributed by atoms with Gasteiger partial charge in [0.2, 0.25) is 0 Å². The second-order valence-corrected chi connectivity index (χ2v) is 5.30. The Bertz CT molecular complexity index is 457. The molecule has 2 rings (SSSR count). The molecule has 0 aromatic heterocycles. The van der Waals surface area contributed by atoms with Gasteiger partial charge in [0.05, 0.1) is 6.61 Å². The van der Waals surface area contributed by atoms with E-state index in [1.165, 1.54) is 0 Å². The number of carboxylic acids is 1. The average Bonchev–Trinajstić information content (AvgIpc) is 2.74. The van der Waals surface area contributed by atoms with Crippen molar-refractivity contribution in [3.05, 3.63) is 29.8 Å². The lowest BCUT2D eigenvalue weighted by atomic mass is 10.0. The molecule has 2 N–H and O–H groups in total. The van der Waals surface area contributed by atoms with Gasteiger partial charge in [-0.15, -0.1) is 0 Å². The number of nitrogens with one attached hydrogen (secondary N) is 1. The lowest BCUT2D eigenvalue weighted by Gasteiger charge is -2.27. The van der Waals surface area contributed by atoms with Gasteiger partial charge in [-0.3, -0.25) is 9.69 Å². The van der Waals surface area contributed by atoms with Crippen molar-refractivity contribution in [3.8, 4) is 5.75 Å². The highest BCUT2D eigenvalue weighted by atomic mass is 16.5. The van der Waals surface area contributed by atoms with Crippen molar-refractivity contribution < 1.29 is 14.6 Å². The van der Waals surface area contributed by atoms with Crippen molar-refractivity contribution in [3.63, 3.8) is 0 Å². The Labute approximate surface area is 125 Å². The molecule has 0 saturated carbocycles. The predicted molar refractivity (Wildman–Crippen MR) is 81.7 cm³/mol. The van der Waals surface area contributed by atoms with E-state index in [1.807, 2.05) is 36.1 Å². The highest BCUT2D eigenvalue weighted by Gasteiger charge is 2.28. The SMILES string of the molecule is CCCOc1cccc(C(C(=O)O)N2CCCNCC2)c1. The number of benzene rings is 1. The van der Waals surface area contributed by atoms with Crippen LogP contribution in [0.1, 0.15) is 31.4 Å². The third-order valence-electron chi connectivity index (χ3n) is 3.62. The lowest BCUT2D eigenvalue weighted by Crippen LogP contribution is -2.36. The Kier molecular flexibility index (Phi) is 6.02. The van der Waals surface area contributed by atoms with Crippen LogP contribution in [0.25, 0.3) is 0 Å². The van der Waals surface area contributed by atoms with E-state index < -0.39 is 12.0 Å². The van der Waals surface area contributed by atoms with Crippen LogP contribution in [0, 0.1) is 0 Å². The number of carboxylic acid groups (broad SMARTS) is 1. The van der Waals surface area contributed by atoms with Crippen molar-refractivity contribution >= 4 is 5.97 Å². The number of rotatable bonds is 6. The molecule has 5 heteroatoms. The number of carbonyl (C=O) groups is 1. The first-order valence-corrected chi connectivity index (χ1v) is 7.62. The van der Waals surface area contributed by atoms with Gasteiger partial charge in [-0.1, -0.05) is 19.1 Å². The number of aliphatic carboxylic acids is 1. The Morgan fingerprint density at radius 3 is 3.05 bits per heavy atom. The maximum Gasteiger partial charge on any atom is 0.325 e. The Balaban J connectivity index is 2.18. The Morgan fingerprint density at radius 2 is 2.29 bits per heavy atom. The van der Waals surface area contributed by atoms with E-state index in [-0.39, 0.29) is 0 Å². The van der Waals surface area contributed by atoms with Gasteiger partial charge in [-0.2, -0.15) is 0 Å². The van der Waals surface area contributed by atoms with Crippen molar-refractivity contribution in [1.82, 2.24) is 10.2 Å². The number of ether oxygens (including phenoxy) is 1. The summed E-state index contributed by atoms with van der Waals surface area (Å²) in [6.07, 6.45) is 1.90. The van der Waals surface area contributed by atoms with E-state index in [2.05, 4.69) is 5.32 Å². The summed E-state index contributed by atoms with van der Waals surface area (Å²) in [6.45, 7) is 6.02. The minimum Gasteiger partial charge on any atom is -0.494 e. The summed E-state index contributed by atoms with van der Waals surface area (Å²) >= 11 is 0. The Morgan fingerprint density at radius 1 is 1.43 bits per heavy atom. The normalized spacial score (nSPS) is 18.0. The van der Waals surface area contributed by atoms with Gasteiger partial charge in [0.1, 0.15) is 11.8 Å². The molecule has 1 aliphatic heterocycles. The van der Waals surface area contributed by atoms with Crippen LogP contribution in [-0.4, -0.2) is 48.8 Å². The Hall–Kier alpha value is -1.59. The first-order valence-electron chi connectivity index (χ1n) is 7.62. The van der Waals surface area contributed by atoms with E-state index in [0.29, 0.717) is 6.61 Å². The topological polar surface area (TPSA) is 61.8 Å². The van der Waals surface area contributed by atoms with E-state index >= 15 is 0 Å². The lowest BCUT2D eigenvalue weighted by molar-refractivity contribution is -0.143. The van der Waals surface area contributed by atoms with E-state index in [9.17, 15) is 9.90 Å². The fraction of sp³-hybridized carbons (Fsp3) is 0.562. The van der Waals surface area contributed by atoms with Gasteiger partial charge in [0.25, 0.3) is 0 Å². The fourth-order valence-electron chi connectivity index (χ4n) is 2.63. The molecular weight excluding hydrogens is 268 g/mol. The zero-order valence-corrected chi connectivity index (χ0v) is 12.5. The van der Waals surface area contributed by atoms with Crippen molar-refractivity contribution in [2.24, 2.45) is 0 Å². The molecule has 1 aromatic carbocycles.